The number of aliphatic hydroxyl groups is 1. The third-order valence-corrected chi connectivity index (χ3v) is 3.72. The van der Waals surface area contributed by atoms with Crippen molar-refractivity contribution < 1.29 is 9.90 Å². The van der Waals surface area contributed by atoms with Gasteiger partial charge in [0.1, 0.15) is 0 Å². The van der Waals surface area contributed by atoms with Gasteiger partial charge in [0.15, 0.2) is 0 Å². The first-order chi connectivity index (χ1) is 9.30. The minimum absolute atomic E-state index is 0. The number of hydrogen-bond donors (Lipinski definition) is 3. The first-order valence-electron chi connectivity index (χ1n) is 7.03. The van der Waals surface area contributed by atoms with Crippen LogP contribution in [0.5, 0.6) is 0 Å². The van der Waals surface area contributed by atoms with Crippen molar-refractivity contribution in [3.8, 4) is 0 Å². The first kappa shape index (κ1) is 17.9. The highest BCUT2D eigenvalue weighted by Crippen LogP contribution is 2.18. The molecule has 7 heteroatoms. The lowest BCUT2D eigenvalue weighted by molar-refractivity contribution is 0.0926. The molecule has 0 saturated carbocycles. The van der Waals surface area contributed by atoms with E-state index in [1.807, 2.05) is 11.6 Å². The normalized spacial score (nSPS) is 22.0. The Morgan fingerprint density at radius 2 is 2.19 bits per heavy atom. The maximum atomic E-state index is 12.2. The fourth-order valence-electron chi connectivity index (χ4n) is 2.56. The monoisotopic (exact) mass is 316 g/mol. The average Bonchev–Trinajstić information content (AvgIpc) is 2.92. The molecule has 1 aliphatic heterocycles. The van der Waals surface area contributed by atoms with Gasteiger partial charge in [-0.3, -0.25) is 9.48 Å². The highest BCUT2D eigenvalue weighted by Gasteiger charge is 2.26. The zero-order chi connectivity index (χ0) is 14.9. The van der Waals surface area contributed by atoms with Crippen molar-refractivity contribution in [2.75, 3.05) is 19.6 Å². The molecule has 2 heterocycles. The third kappa shape index (κ3) is 3.96. The summed E-state index contributed by atoms with van der Waals surface area (Å²) in [4.78, 5) is 12.2. The first-order valence-corrected chi connectivity index (χ1v) is 7.03. The molecule has 1 aromatic heterocycles. The number of aliphatic hydroxyl groups excluding tert-OH is 1. The zero-order valence-electron chi connectivity index (χ0n) is 13.0. The van der Waals surface area contributed by atoms with E-state index in [1.165, 1.54) is 0 Å². The summed E-state index contributed by atoms with van der Waals surface area (Å²) in [5.41, 5.74) is 1.31. The molecule has 120 valence electrons. The van der Waals surface area contributed by atoms with Crippen LogP contribution in [0.2, 0.25) is 0 Å². The smallest absolute Gasteiger partial charge is 0.254 e. The van der Waals surface area contributed by atoms with E-state index in [0.29, 0.717) is 18.7 Å². The number of β-amino-alcohol motifs (C(OH)–C–C–N with tert-alkyl or cyclic N) is 1. The van der Waals surface area contributed by atoms with Gasteiger partial charge < -0.3 is 15.7 Å². The summed E-state index contributed by atoms with van der Waals surface area (Å²) in [7, 11) is 0. The zero-order valence-corrected chi connectivity index (χ0v) is 13.8. The molecule has 0 spiro atoms. The van der Waals surface area contributed by atoms with Gasteiger partial charge in [-0.1, -0.05) is 0 Å². The van der Waals surface area contributed by atoms with Gasteiger partial charge in [0.2, 0.25) is 0 Å². The van der Waals surface area contributed by atoms with E-state index < -0.39 is 0 Å². The van der Waals surface area contributed by atoms with Crippen LogP contribution < -0.4 is 10.6 Å². The van der Waals surface area contributed by atoms with Crippen LogP contribution in [0.4, 0.5) is 0 Å². The van der Waals surface area contributed by atoms with E-state index in [9.17, 15) is 9.90 Å². The molecule has 21 heavy (non-hydrogen) atoms. The predicted molar refractivity (Wildman–Crippen MR) is 83.9 cm³/mol. The quantitative estimate of drug-likeness (QED) is 0.766. The van der Waals surface area contributed by atoms with Crippen molar-refractivity contribution in [2.45, 2.75) is 39.3 Å². The fourth-order valence-corrected chi connectivity index (χ4v) is 2.56. The second-order valence-electron chi connectivity index (χ2n) is 6.42. The molecule has 2 atom stereocenters. The molecule has 0 radical (unpaired) electrons. The van der Waals surface area contributed by atoms with Gasteiger partial charge in [-0.25, -0.2) is 0 Å². The van der Waals surface area contributed by atoms with Crippen LogP contribution >= 0.6 is 12.4 Å². The van der Waals surface area contributed by atoms with Crippen LogP contribution in [-0.4, -0.2) is 46.5 Å². The number of hydrogen-bond acceptors (Lipinski definition) is 4. The van der Waals surface area contributed by atoms with E-state index in [-0.39, 0.29) is 35.9 Å². The largest absolute Gasteiger partial charge is 0.391 e. The van der Waals surface area contributed by atoms with E-state index in [0.717, 1.165) is 12.2 Å². The Morgan fingerprint density at radius 3 is 2.67 bits per heavy atom. The molecule has 0 aromatic carbocycles. The highest BCUT2D eigenvalue weighted by molar-refractivity contribution is 5.95. The van der Waals surface area contributed by atoms with Crippen LogP contribution in [0.15, 0.2) is 6.20 Å². The van der Waals surface area contributed by atoms with Gasteiger partial charge in [0, 0.05) is 31.2 Å². The van der Waals surface area contributed by atoms with E-state index in [1.54, 1.807) is 6.20 Å². The van der Waals surface area contributed by atoms with E-state index in [2.05, 4.69) is 36.5 Å². The van der Waals surface area contributed by atoms with Gasteiger partial charge in [0.25, 0.3) is 5.91 Å². The maximum Gasteiger partial charge on any atom is 0.254 e. The number of nitrogens with one attached hydrogen (secondary N) is 2. The molecule has 0 aliphatic carbocycles. The second kappa shape index (κ2) is 6.77. The summed E-state index contributed by atoms with van der Waals surface area (Å²) in [5, 5.41) is 20.0. The minimum Gasteiger partial charge on any atom is -0.391 e. The lowest BCUT2D eigenvalue weighted by Crippen LogP contribution is -2.34. The van der Waals surface area contributed by atoms with Crippen LogP contribution in [0.3, 0.4) is 0 Å². The summed E-state index contributed by atoms with van der Waals surface area (Å²) in [6, 6.07) is 0. The Balaban J connectivity index is 0.00000220. The molecule has 2 unspecified atom stereocenters. The third-order valence-electron chi connectivity index (χ3n) is 3.72. The van der Waals surface area contributed by atoms with Crippen LogP contribution in [-0.2, 0) is 5.54 Å². The topological polar surface area (TPSA) is 79.2 Å². The number of carbonyl (C=O) groups is 1. The Morgan fingerprint density at radius 1 is 1.52 bits per heavy atom. The maximum absolute atomic E-state index is 12.2. The van der Waals surface area contributed by atoms with Crippen molar-refractivity contribution in [1.29, 1.82) is 0 Å². The lowest BCUT2D eigenvalue weighted by Gasteiger charge is -2.21. The van der Waals surface area contributed by atoms with Crippen LogP contribution in [0.1, 0.15) is 36.8 Å². The van der Waals surface area contributed by atoms with Crippen molar-refractivity contribution in [2.24, 2.45) is 5.92 Å². The van der Waals surface area contributed by atoms with Crippen LogP contribution in [0.25, 0.3) is 0 Å². The molecule has 3 N–H and O–H groups in total. The molecule has 6 nitrogen and oxygen atoms in total. The Kier molecular flexibility index (Phi) is 5.78. The Hall–Kier alpha value is -1.11. The average molecular weight is 317 g/mol. The minimum atomic E-state index is -0.381. The summed E-state index contributed by atoms with van der Waals surface area (Å²) in [6.07, 6.45) is 1.23. The Labute approximate surface area is 131 Å². The fraction of sp³-hybridized carbons (Fsp3) is 0.714. The molecule has 0 bridgehead atoms. The molecular weight excluding hydrogens is 292 g/mol. The van der Waals surface area contributed by atoms with E-state index >= 15 is 0 Å². The van der Waals surface area contributed by atoms with Gasteiger partial charge in [-0.15, -0.1) is 12.4 Å². The number of halogens is 1. The van der Waals surface area contributed by atoms with Gasteiger partial charge >= 0.3 is 0 Å². The van der Waals surface area contributed by atoms with Gasteiger partial charge in [-0.2, -0.15) is 5.10 Å². The van der Waals surface area contributed by atoms with Crippen molar-refractivity contribution in [3.05, 3.63) is 17.5 Å². The van der Waals surface area contributed by atoms with Crippen molar-refractivity contribution >= 4 is 18.3 Å². The molecule has 2 rings (SSSR count). The SMILES string of the molecule is Cc1c(C(=O)NCC2CNCC2O)cnn1C(C)(C)C.Cl. The number of carbonyl (C=O) groups excluding carboxylic acids is 1. The molecule has 1 saturated heterocycles. The van der Waals surface area contributed by atoms with Crippen molar-refractivity contribution in [3.63, 3.8) is 0 Å². The Bertz CT molecular complexity index is 496. The number of nitrogens with zero attached hydrogens (tertiary/aromatic N) is 2. The summed E-state index contributed by atoms with van der Waals surface area (Å²) in [5.74, 6) is -0.0472. The van der Waals surface area contributed by atoms with Gasteiger partial charge in [-0.05, 0) is 27.7 Å². The molecule has 1 aliphatic rings. The van der Waals surface area contributed by atoms with Crippen molar-refractivity contribution in [1.82, 2.24) is 20.4 Å². The molecule has 1 fully saturated rings. The molecular formula is C14H25ClN4O2. The second-order valence-corrected chi connectivity index (χ2v) is 6.42. The lowest BCUT2D eigenvalue weighted by atomic mass is 10.1. The summed E-state index contributed by atoms with van der Waals surface area (Å²) < 4.78 is 1.86. The van der Waals surface area contributed by atoms with Gasteiger partial charge in [0.05, 0.1) is 23.4 Å². The van der Waals surface area contributed by atoms with Crippen LogP contribution in [0, 0.1) is 12.8 Å². The molecule has 1 aromatic rings. The van der Waals surface area contributed by atoms with E-state index in [4.69, 9.17) is 0 Å². The summed E-state index contributed by atoms with van der Waals surface area (Å²) >= 11 is 0. The number of amides is 1. The summed E-state index contributed by atoms with van der Waals surface area (Å²) in [6.45, 7) is 9.87. The standard InChI is InChI=1S/C14H24N4O2.ClH/c1-9-11(7-17-18(9)14(2,3)4)13(20)16-6-10-5-15-8-12(10)19;/h7,10,12,15,19H,5-6,8H2,1-4H3,(H,16,20);1H. The number of aromatic nitrogens is 2. The molecule has 1 amide bonds. The predicted octanol–water partition coefficient (Wildman–Crippen LogP) is 0.678. The highest BCUT2D eigenvalue weighted by atomic mass is 35.5. The number of rotatable bonds is 3.